The predicted octanol–water partition coefficient (Wildman–Crippen LogP) is 1.46. The van der Waals surface area contributed by atoms with Crippen LogP contribution in [0.15, 0.2) is 48.5 Å². The summed E-state index contributed by atoms with van der Waals surface area (Å²) in [7, 11) is 0. The summed E-state index contributed by atoms with van der Waals surface area (Å²) in [6.07, 6.45) is 0. The number of nitrogens with two attached hydrogens (primary N) is 1. The van der Waals surface area contributed by atoms with Gasteiger partial charge in [0.15, 0.2) is 5.78 Å². The SMILES string of the molecule is NC(=O)c1ccc(-c2nnn(CC(=O)c3ccccc3F)n2)cc1. The van der Waals surface area contributed by atoms with Gasteiger partial charge in [-0.05, 0) is 29.5 Å². The van der Waals surface area contributed by atoms with E-state index >= 15 is 0 Å². The number of hydrogen-bond donors (Lipinski definition) is 1. The Morgan fingerprint density at radius 2 is 1.79 bits per heavy atom. The third kappa shape index (κ3) is 3.17. The van der Waals surface area contributed by atoms with Crippen molar-refractivity contribution in [3.05, 3.63) is 65.5 Å². The number of primary amides is 1. The summed E-state index contributed by atoms with van der Waals surface area (Å²) < 4.78 is 13.6. The van der Waals surface area contributed by atoms with E-state index in [9.17, 15) is 14.0 Å². The third-order valence-electron chi connectivity index (χ3n) is 3.34. The second kappa shape index (κ2) is 6.37. The number of amides is 1. The minimum atomic E-state index is -0.593. The van der Waals surface area contributed by atoms with Crippen molar-refractivity contribution in [3.8, 4) is 11.4 Å². The van der Waals surface area contributed by atoms with Crippen molar-refractivity contribution in [2.75, 3.05) is 0 Å². The van der Waals surface area contributed by atoms with Crippen molar-refractivity contribution in [2.24, 2.45) is 5.73 Å². The highest BCUT2D eigenvalue weighted by molar-refractivity contribution is 5.96. The van der Waals surface area contributed by atoms with Gasteiger partial charge in [-0.15, -0.1) is 10.2 Å². The highest BCUT2D eigenvalue weighted by Gasteiger charge is 2.14. The normalized spacial score (nSPS) is 10.5. The maximum atomic E-state index is 13.6. The topological polar surface area (TPSA) is 104 Å². The van der Waals surface area contributed by atoms with E-state index in [0.717, 1.165) is 4.80 Å². The van der Waals surface area contributed by atoms with E-state index in [-0.39, 0.29) is 17.9 Å². The summed E-state index contributed by atoms with van der Waals surface area (Å²) in [5.41, 5.74) is 6.13. The van der Waals surface area contributed by atoms with Gasteiger partial charge < -0.3 is 5.73 Å². The van der Waals surface area contributed by atoms with Crippen LogP contribution in [0.2, 0.25) is 0 Å². The van der Waals surface area contributed by atoms with Gasteiger partial charge in [0.2, 0.25) is 11.7 Å². The molecule has 24 heavy (non-hydrogen) atoms. The summed E-state index contributed by atoms with van der Waals surface area (Å²) in [5, 5.41) is 11.7. The van der Waals surface area contributed by atoms with Gasteiger partial charge in [0.1, 0.15) is 12.4 Å². The van der Waals surface area contributed by atoms with E-state index in [4.69, 9.17) is 5.73 Å². The maximum absolute atomic E-state index is 13.6. The standard InChI is InChI=1S/C16H12FN5O2/c17-13-4-2-1-3-12(13)14(23)9-22-20-16(19-21-22)11-7-5-10(6-8-11)15(18)24/h1-8H,9H2,(H2,18,24). The molecule has 1 amide bonds. The summed E-state index contributed by atoms with van der Waals surface area (Å²) in [6.45, 7) is -0.229. The van der Waals surface area contributed by atoms with Crippen LogP contribution in [-0.4, -0.2) is 31.9 Å². The molecule has 0 aliphatic carbocycles. The number of tetrazole rings is 1. The Morgan fingerprint density at radius 1 is 1.08 bits per heavy atom. The predicted molar refractivity (Wildman–Crippen MR) is 82.5 cm³/mol. The quantitative estimate of drug-likeness (QED) is 0.715. The number of carbonyl (C=O) groups excluding carboxylic acids is 2. The third-order valence-corrected chi connectivity index (χ3v) is 3.34. The zero-order valence-corrected chi connectivity index (χ0v) is 12.4. The highest BCUT2D eigenvalue weighted by atomic mass is 19.1. The first-order chi connectivity index (χ1) is 11.5. The smallest absolute Gasteiger partial charge is 0.248 e. The van der Waals surface area contributed by atoms with Gasteiger partial charge in [-0.1, -0.05) is 24.3 Å². The summed E-state index contributed by atoms with van der Waals surface area (Å²) >= 11 is 0. The number of ketones is 1. The minimum absolute atomic E-state index is 0.0258. The van der Waals surface area contributed by atoms with Crippen molar-refractivity contribution in [1.82, 2.24) is 20.2 Å². The molecule has 0 atom stereocenters. The molecule has 0 unspecified atom stereocenters. The fourth-order valence-corrected chi connectivity index (χ4v) is 2.11. The molecular formula is C16H12FN5O2. The number of carbonyl (C=O) groups is 2. The van der Waals surface area contributed by atoms with Gasteiger partial charge >= 0.3 is 0 Å². The summed E-state index contributed by atoms with van der Waals surface area (Å²) in [5.74, 6) is -1.30. The van der Waals surface area contributed by atoms with E-state index in [2.05, 4.69) is 15.4 Å². The number of halogens is 1. The molecule has 3 aromatic rings. The average molecular weight is 325 g/mol. The van der Waals surface area contributed by atoms with Crippen LogP contribution in [0.5, 0.6) is 0 Å². The number of benzene rings is 2. The second-order valence-electron chi connectivity index (χ2n) is 4.99. The van der Waals surface area contributed by atoms with Crippen LogP contribution >= 0.6 is 0 Å². The average Bonchev–Trinajstić information content (AvgIpc) is 3.03. The van der Waals surface area contributed by atoms with Crippen LogP contribution in [0.25, 0.3) is 11.4 Å². The lowest BCUT2D eigenvalue weighted by Gasteiger charge is -2.01. The van der Waals surface area contributed by atoms with Crippen LogP contribution in [0.3, 0.4) is 0 Å². The molecule has 0 saturated carbocycles. The van der Waals surface area contributed by atoms with Crippen molar-refractivity contribution < 1.29 is 14.0 Å². The highest BCUT2D eigenvalue weighted by Crippen LogP contribution is 2.14. The van der Waals surface area contributed by atoms with Gasteiger partial charge in [0.25, 0.3) is 0 Å². The van der Waals surface area contributed by atoms with E-state index in [1.54, 1.807) is 30.3 Å². The Balaban J connectivity index is 1.77. The first-order valence-corrected chi connectivity index (χ1v) is 7.00. The first-order valence-electron chi connectivity index (χ1n) is 7.00. The van der Waals surface area contributed by atoms with Crippen LogP contribution in [0.4, 0.5) is 4.39 Å². The fourth-order valence-electron chi connectivity index (χ4n) is 2.11. The Morgan fingerprint density at radius 3 is 2.46 bits per heavy atom. The van der Waals surface area contributed by atoms with E-state index < -0.39 is 17.5 Å². The number of aromatic nitrogens is 4. The van der Waals surface area contributed by atoms with Crippen molar-refractivity contribution in [2.45, 2.75) is 6.54 Å². The molecule has 0 spiro atoms. The fraction of sp³-hybridized carbons (Fsp3) is 0.0625. The van der Waals surface area contributed by atoms with Crippen molar-refractivity contribution >= 4 is 11.7 Å². The van der Waals surface area contributed by atoms with Gasteiger partial charge in [-0.2, -0.15) is 4.80 Å². The molecular weight excluding hydrogens is 313 g/mol. The Hall–Kier alpha value is -3.42. The van der Waals surface area contributed by atoms with E-state index in [0.29, 0.717) is 11.1 Å². The van der Waals surface area contributed by atoms with Crippen molar-refractivity contribution in [1.29, 1.82) is 0 Å². The largest absolute Gasteiger partial charge is 0.366 e. The van der Waals surface area contributed by atoms with Crippen LogP contribution < -0.4 is 5.73 Å². The molecule has 8 heteroatoms. The molecule has 0 aliphatic heterocycles. The molecule has 0 saturated heterocycles. The Bertz CT molecular complexity index is 905. The summed E-state index contributed by atoms with van der Waals surface area (Å²) in [6, 6.07) is 12.0. The molecule has 120 valence electrons. The molecule has 0 bridgehead atoms. The lowest BCUT2D eigenvalue weighted by molar-refractivity contribution is 0.0956. The van der Waals surface area contributed by atoms with Crippen LogP contribution in [0.1, 0.15) is 20.7 Å². The van der Waals surface area contributed by atoms with Gasteiger partial charge in [0, 0.05) is 11.1 Å². The Kier molecular flexibility index (Phi) is 4.11. The molecule has 0 radical (unpaired) electrons. The van der Waals surface area contributed by atoms with Gasteiger partial charge in [-0.25, -0.2) is 4.39 Å². The zero-order chi connectivity index (χ0) is 17.1. The van der Waals surface area contributed by atoms with E-state index in [1.165, 1.54) is 18.2 Å². The maximum Gasteiger partial charge on any atom is 0.248 e. The Labute approximate surface area is 135 Å². The van der Waals surface area contributed by atoms with Crippen molar-refractivity contribution in [3.63, 3.8) is 0 Å². The van der Waals surface area contributed by atoms with Crippen LogP contribution in [-0.2, 0) is 6.54 Å². The summed E-state index contributed by atoms with van der Waals surface area (Å²) in [4.78, 5) is 24.2. The van der Waals surface area contributed by atoms with E-state index in [1.807, 2.05) is 0 Å². The number of hydrogen-bond acceptors (Lipinski definition) is 5. The molecule has 3 rings (SSSR count). The second-order valence-corrected chi connectivity index (χ2v) is 4.99. The molecule has 0 aliphatic rings. The molecule has 2 aromatic carbocycles. The molecule has 1 heterocycles. The molecule has 0 fully saturated rings. The lowest BCUT2D eigenvalue weighted by Crippen LogP contribution is -2.14. The number of nitrogens with zero attached hydrogens (tertiary/aromatic N) is 4. The molecule has 1 aromatic heterocycles. The van der Waals surface area contributed by atoms with Crippen LogP contribution in [0, 0.1) is 5.82 Å². The van der Waals surface area contributed by atoms with Gasteiger partial charge in [0.05, 0.1) is 5.56 Å². The number of rotatable bonds is 5. The molecule has 7 nitrogen and oxygen atoms in total. The van der Waals surface area contributed by atoms with Gasteiger partial charge in [-0.3, -0.25) is 9.59 Å². The number of Topliss-reactive ketones (excluding diaryl/α,β-unsaturated/α-hetero) is 1. The first kappa shape index (κ1) is 15.5. The minimum Gasteiger partial charge on any atom is -0.366 e. The molecule has 2 N–H and O–H groups in total. The monoisotopic (exact) mass is 325 g/mol. The lowest BCUT2D eigenvalue weighted by atomic mass is 10.1. The zero-order valence-electron chi connectivity index (χ0n) is 12.4.